The molecule has 0 aliphatic carbocycles. The van der Waals surface area contributed by atoms with Gasteiger partial charge in [0, 0.05) is 5.75 Å². The Bertz CT molecular complexity index is 559. The van der Waals surface area contributed by atoms with Crippen LogP contribution in [0.25, 0.3) is 11.2 Å². The van der Waals surface area contributed by atoms with Crippen LogP contribution in [-0.2, 0) is 10.8 Å². The van der Waals surface area contributed by atoms with Crippen LogP contribution >= 0.6 is 0 Å². The Balaban J connectivity index is 2.60. The van der Waals surface area contributed by atoms with Gasteiger partial charge in [0.1, 0.15) is 11.8 Å². The Labute approximate surface area is 87.6 Å². The monoisotopic (exact) mass is 226 g/mol. The van der Waals surface area contributed by atoms with E-state index in [1.165, 1.54) is 6.33 Å². The van der Waals surface area contributed by atoms with Crippen LogP contribution in [0.2, 0.25) is 0 Å². The molecule has 2 rings (SSSR count). The third-order valence-corrected chi connectivity index (χ3v) is 3.41. The van der Waals surface area contributed by atoms with Crippen molar-refractivity contribution < 1.29 is 4.21 Å². The minimum Gasteiger partial charge on any atom is -0.302 e. The SMILES string of the molecule is CCCS(=O)c1ncnc2[nH]c(=O)[nH]c12. The number of nitrogens with zero attached hydrogens (tertiary/aromatic N) is 2. The van der Waals surface area contributed by atoms with E-state index in [0.29, 0.717) is 21.9 Å². The number of hydrogen-bond acceptors (Lipinski definition) is 4. The van der Waals surface area contributed by atoms with Crippen LogP contribution in [0.3, 0.4) is 0 Å². The highest BCUT2D eigenvalue weighted by Crippen LogP contribution is 2.12. The molecule has 0 amide bonds. The van der Waals surface area contributed by atoms with E-state index in [1.54, 1.807) is 0 Å². The van der Waals surface area contributed by atoms with Gasteiger partial charge in [-0.05, 0) is 6.42 Å². The number of aromatic nitrogens is 4. The van der Waals surface area contributed by atoms with Crippen molar-refractivity contribution in [2.45, 2.75) is 18.4 Å². The zero-order chi connectivity index (χ0) is 10.8. The third-order valence-electron chi connectivity index (χ3n) is 1.89. The molecular weight excluding hydrogens is 216 g/mol. The molecule has 2 N–H and O–H groups in total. The summed E-state index contributed by atoms with van der Waals surface area (Å²) >= 11 is 0. The lowest BCUT2D eigenvalue weighted by atomic mass is 10.6. The first kappa shape index (κ1) is 10.0. The molecule has 0 aliphatic rings. The molecule has 2 heterocycles. The van der Waals surface area contributed by atoms with E-state index in [2.05, 4.69) is 19.9 Å². The van der Waals surface area contributed by atoms with Crippen molar-refractivity contribution in [1.82, 2.24) is 19.9 Å². The second-order valence-corrected chi connectivity index (χ2v) is 4.52. The molecule has 2 aromatic heterocycles. The van der Waals surface area contributed by atoms with Gasteiger partial charge in [-0.25, -0.2) is 14.8 Å². The second kappa shape index (κ2) is 3.93. The molecule has 0 spiro atoms. The molecule has 7 heteroatoms. The first-order valence-corrected chi connectivity index (χ1v) is 5.85. The summed E-state index contributed by atoms with van der Waals surface area (Å²) in [6, 6.07) is 0. The molecule has 1 atom stereocenters. The van der Waals surface area contributed by atoms with Gasteiger partial charge in [0.25, 0.3) is 0 Å². The van der Waals surface area contributed by atoms with Gasteiger partial charge in [-0.2, -0.15) is 0 Å². The average Bonchev–Trinajstić information content (AvgIpc) is 2.57. The smallest absolute Gasteiger partial charge is 0.302 e. The third kappa shape index (κ3) is 1.82. The molecule has 15 heavy (non-hydrogen) atoms. The summed E-state index contributed by atoms with van der Waals surface area (Å²) in [4.78, 5) is 23.9. The summed E-state index contributed by atoms with van der Waals surface area (Å²) < 4.78 is 11.8. The van der Waals surface area contributed by atoms with E-state index in [1.807, 2.05) is 6.92 Å². The fraction of sp³-hybridized carbons (Fsp3) is 0.375. The molecule has 0 radical (unpaired) electrons. The van der Waals surface area contributed by atoms with Crippen molar-refractivity contribution in [2.75, 3.05) is 5.75 Å². The topological polar surface area (TPSA) is 91.5 Å². The highest BCUT2D eigenvalue weighted by molar-refractivity contribution is 7.85. The van der Waals surface area contributed by atoms with Crippen molar-refractivity contribution in [2.24, 2.45) is 0 Å². The molecule has 80 valence electrons. The van der Waals surface area contributed by atoms with Crippen molar-refractivity contribution in [3.05, 3.63) is 16.8 Å². The Hall–Kier alpha value is -1.50. The number of rotatable bonds is 3. The molecule has 2 aromatic rings. The van der Waals surface area contributed by atoms with Crippen LogP contribution in [0, 0.1) is 0 Å². The van der Waals surface area contributed by atoms with Gasteiger partial charge < -0.3 is 4.98 Å². The zero-order valence-corrected chi connectivity index (χ0v) is 8.93. The fourth-order valence-corrected chi connectivity index (χ4v) is 2.39. The highest BCUT2D eigenvalue weighted by atomic mass is 32.2. The minimum atomic E-state index is -1.19. The molecule has 0 saturated heterocycles. The van der Waals surface area contributed by atoms with Gasteiger partial charge in [0.15, 0.2) is 10.7 Å². The first-order valence-electron chi connectivity index (χ1n) is 4.53. The standard InChI is InChI=1S/C8H10N4O2S/c1-2-3-15(14)7-5-6(9-4-10-7)12-8(13)11-5/h4H,2-3H2,1H3,(H2,9,10,11,12,13). The van der Waals surface area contributed by atoms with Gasteiger partial charge >= 0.3 is 5.69 Å². The molecule has 6 nitrogen and oxygen atoms in total. The van der Waals surface area contributed by atoms with Crippen molar-refractivity contribution in [1.29, 1.82) is 0 Å². The van der Waals surface area contributed by atoms with Gasteiger partial charge in [-0.1, -0.05) is 6.92 Å². The molecule has 0 aliphatic heterocycles. The number of imidazole rings is 1. The van der Waals surface area contributed by atoms with Crippen molar-refractivity contribution in [3.63, 3.8) is 0 Å². The maximum Gasteiger partial charge on any atom is 0.325 e. The largest absolute Gasteiger partial charge is 0.325 e. The summed E-state index contributed by atoms with van der Waals surface area (Å²) in [5, 5.41) is 0.389. The zero-order valence-electron chi connectivity index (χ0n) is 8.11. The Morgan fingerprint density at radius 1 is 1.40 bits per heavy atom. The molecule has 0 aromatic carbocycles. The fourth-order valence-electron chi connectivity index (χ4n) is 1.28. The lowest BCUT2D eigenvalue weighted by Gasteiger charge is -1.99. The molecular formula is C8H10N4O2S. The van der Waals surface area contributed by atoms with Crippen LogP contribution in [0.5, 0.6) is 0 Å². The van der Waals surface area contributed by atoms with Gasteiger partial charge in [0.2, 0.25) is 0 Å². The summed E-state index contributed by atoms with van der Waals surface area (Å²) in [6.45, 7) is 1.94. The summed E-state index contributed by atoms with van der Waals surface area (Å²) in [6.07, 6.45) is 2.10. The van der Waals surface area contributed by atoms with Gasteiger partial charge in [-0.15, -0.1) is 0 Å². The van der Waals surface area contributed by atoms with Crippen molar-refractivity contribution >= 4 is 22.0 Å². The van der Waals surface area contributed by atoms with E-state index < -0.39 is 10.8 Å². The van der Waals surface area contributed by atoms with Crippen LogP contribution in [0.4, 0.5) is 0 Å². The lowest BCUT2D eigenvalue weighted by Crippen LogP contribution is -2.02. The van der Waals surface area contributed by atoms with E-state index in [9.17, 15) is 9.00 Å². The van der Waals surface area contributed by atoms with E-state index >= 15 is 0 Å². The van der Waals surface area contributed by atoms with E-state index in [-0.39, 0.29) is 5.69 Å². The molecule has 1 unspecified atom stereocenters. The van der Waals surface area contributed by atoms with Crippen molar-refractivity contribution in [3.8, 4) is 0 Å². The summed E-state index contributed by atoms with van der Waals surface area (Å²) in [5.41, 5.74) is 0.476. The van der Waals surface area contributed by atoms with E-state index in [0.717, 1.165) is 6.42 Å². The Morgan fingerprint density at radius 3 is 2.93 bits per heavy atom. The number of H-pyrrole nitrogens is 2. The van der Waals surface area contributed by atoms with Gasteiger partial charge in [-0.3, -0.25) is 9.19 Å². The highest BCUT2D eigenvalue weighted by Gasteiger charge is 2.12. The Morgan fingerprint density at radius 2 is 2.20 bits per heavy atom. The van der Waals surface area contributed by atoms with Crippen LogP contribution in [0.15, 0.2) is 16.1 Å². The number of fused-ring (bicyclic) bond motifs is 1. The van der Waals surface area contributed by atoms with Gasteiger partial charge in [0.05, 0.1) is 10.8 Å². The predicted octanol–water partition coefficient (Wildman–Crippen LogP) is 0.164. The maximum atomic E-state index is 11.8. The first-order chi connectivity index (χ1) is 7.22. The molecule has 0 fully saturated rings. The van der Waals surface area contributed by atoms with Crippen LogP contribution in [-0.4, -0.2) is 29.9 Å². The lowest BCUT2D eigenvalue weighted by molar-refractivity contribution is 0.679. The second-order valence-electron chi connectivity index (χ2n) is 3.03. The number of nitrogens with one attached hydrogen (secondary N) is 2. The molecule has 0 saturated carbocycles. The Kier molecular flexibility index (Phi) is 2.63. The summed E-state index contributed by atoms with van der Waals surface area (Å²) in [5.74, 6) is 0.527. The quantitative estimate of drug-likeness (QED) is 0.729. The summed E-state index contributed by atoms with van der Waals surface area (Å²) in [7, 11) is -1.19. The van der Waals surface area contributed by atoms with Crippen LogP contribution < -0.4 is 5.69 Å². The normalized spacial score (nSPS) is 13.1. The molecule has 0 bridgehead atoms. The number of hydrogen-bond donors (Lipinski definition) is 2. The van der Waals surface area contributed by atoms with E-state index in [4.69, 9.17) is 0 Å². The maximum absolute atomic E-state index is 11.8. The van der Waals surface area contributed by atoms with Crippen LogP contribution in [0.1, 0.15) is 13.3 Å². The number of aromatic amines is 2. The average molecular weight is 226 g/mol. The predicted molar refractivity (Wildman–Crippen MR) is 56.1 cm³/mol. The minimum absolute atomic E-state index is 0.361.